The standard InChI is InChI=1S/C2H4O.CH3NO/c2*1-2-3/h2H,1H3;3H,1H2. The summed E-state index contributed by atoms with van der Waals surface area (Å²) in [5.41, 5.74) is 0. The van der Waals surface area contributed by atoms with Crippen molar-refractivity contribution in [1.82, 2.24) is 0 Å². The summed E-state index contributed by atoms with van der Waals surface area (Å²) >= 11 is 0. The summed E-state index contributed by atoms with van der Waals surface area (Å²) in [7, 11) is 0. The van der Waals surface area contributed by atoms with Crippen molar-refractivity contribution in [2.24, 2.45) is 5.16 Å². The molecule has 0 atom stereocenters. The van der Waals surface area contributed by atoms with Crippen LogP contribution in [0.4, 0.5) is 0 Å². The molecule has 0 heterocycles. The maximum absolute atomic E-state index is 8.81. The lowest BCUT2D eigenvalue weighted by Crippen LogP contribution is -1.36. The molecule has 0 bridgehead atoms. The second kappa shape index (κ2) is 31.4. The highest BCUT2D eigenvalue weighted by molar-refractivity contribution is 5.44. The Morgan fingerprint density at radius 1 is 2.00 bits per heavy atom. The van der Waals surface area contributed by atoms with E-state index in [0.717, 1.165) is 6.29 Å². The van der Waals surface area contributed by atoms with Gasteiger partial charge in [0.1, 0.15) is 6.29 Å². The first-order valence-corrected chi connectivity index (χ1v) is 1.33. The Kier molecular flexibility index (Phi) is 46.8. The molecule has 0 fully saturated rings. The van der Waals surface area contributed by atoms with Crippen molar-refractivity contribution in [2.75, 3.05) is 0 Å². The fourth-order valence-electron chi connectivity index (χ4n) is 0. The monoisotopic (exact) mass is 89.0 g/mol. The molecule has 0 aromatic rings. The van der Waals surface area contributed by atoms with Crippen molar-refractivity contribution in [3.8, 4) is 0 Å². The van der Waals surface area contributed by atoms with Gasteiger partial charge >= 0.3 is 0 Å². The molecule has 0 rings (SSSR count). The number of hydrogen-bond donors (Lipinski definition) is 1. The Bertz CT molecular complexity index is 29.8. The van der Waals surface area contributed by atoms with Gasteiger partial charge in [-0.15, -0.1) is 5.16 Å². The maximum atomic E-state index is 8.81. The van der Waals surface area contributed by atoms with Crippen LogP contribution in [-0.4, -0.2) is 18.2 Å². The van der Waals surface area contributed by atoms with Crippen LogP contribution in [0.25, 0.3) is 0 Å². The summed E-state index contributed by atoms with van der Waals surface area (Å²) in [5.74, 6) is 0. The highest BCUT2D eigenvalue weighted by atomic mass is 16.4. The Morgan fingerprint density at radius 2 is 2.00 bits per heavy atom. The highest BCUT2D eigenvalue weighted by Crippen LogP contribution is 1.20. The molecule has 36 valence electrons. The first-order valence-electron chi connectivity index (χ1n) is 1.33. The summed E-state index contributed by atoms with van der Waals surface area (Å²) < 4.78 is 0. The SMILES string of the molecule is C=NO.CC=O. The third-order valence-corrected chi connectivity index (χ3v) is 0. The third-order valence-electron chi connectivity index (χ3n) is 0. The molecular weight excluding hydrogens is 82.0 g/mol. The van der Waals surface area contributed by atoms with Crippen molar-refractivity contribution in [3.63, 3.8) is 0 Å². The van der Waals surface area contributed by atoms with Gasteiger partial charge in [0.15, 0.2) is 0 Å². The Labute approximate surface area is 36.3 Å². The summed E-state index contributed by atoms with van der Waals surface area (Å²) in [5, 5.41) is 9.33. The molecule has 6 heavy (non-hydrogen) atoms. The van der Waals surface area contributed by atoms with Crippen LogP contribution in [0.1, 0.15) is 6.92 Å². The van der Waals surface area contributed by atoms with E-state index in [1.54, 1.807) is 0 Å². The van der Waals surface area contributed by atoms with E-state index in [1.165, 1.54) is 6.92 Å². The number of carbonyl (C=O) groups excluding carboxylic acids is 1. The van der Waals surface area contributed by atoms with Crippen molar-refractivity contribution >= 4 is 13.0 Å². The number of rotatable bonds is 0. The van der Waals surface area contributed by atoms with Gasteiger partial charge < -0.3 is 10.0 Å². The van der Waals surface area contributed by atoms with Crippen molar-refractivity contribution in [2.45, 2.75) is 6.92 Å². The minimum absolute atomic E-state index is 0.750. The quantitative estimate of drug-likeness (QED) is 0.200. The molecule has 0 aliphatic heterocycles. The van der Waals surface area contributed by atoms with Crippen LogP contribution in [0, 0.1) is 0 Å². The van der Waals surface area contributed by atoms with Gasteiger partial charge in [-0.25, -0.2) is 0 Å². The zero-order chi connectivity index (χ0) is 5.41. The zero-order valence-electron chi connectivity index (χ0n) is 3.59. The number of carbonyl (C=O) groups is 1. The number of aldehydes is 1. The average molecular weight is 89.1 g/mol. The second-order valence-corrected chi connectivity index (χ2v) is 0.377. The fraction of sp³-hybridized carbons (Fsp3) is 0.333. The zero-order valence-corrected chi connectivity index (χ0v) is 3.59. The van der Waals surface area contributed by atoms with Gasteiger partial charge in [0.05, 0.1) is 0 Å². The van der Waals surface area contributed by atoms with E-state index < -0.39 is 0 Å². The van der Waals surface area contributed by atoms with Crippen molar-refractivity contribution in [1.29, 1.82) is 0 Å². The molecule has 0 aliphatic rings. The summed E-state index contributed by atoms with van der Waals surface area (Å²) in [4.78, 5) is 8.81. The van der Waals surface area contributed by atoms with Crippen LogP contribution in [-0.2, 0) is 4.79 Å². The van der Waals surface area contributed by atoms with Crippen LogP contribution < -0.4 is 0 Å². The van der Waals surface area contributed by atoms with E-state index >= 15 is 0 Å². The molecule has 0 saturated heterocycles. The molecule has 3 nitrogen and oxygen atoms in total. The number of hydrogen-bond acceptors (Lipinski definition) is 3. The van der Waals surface area contributed by atoms with Crippen LogP contribution >= 0.6 is 0 Å². The van der Waals surface area contributed by atoms with Gasteiger partial charge in [0, 0.05) is 6.72 Å². The molecule has 0 saturated carbocycles. The van der Waals surface area contributed by atoms with Crippen molar-refractivity contribution < 1.29 is 10.0 Å². The Hall–Kier alpha value is -0.860. The maximum Gasteiger partial charge on any atom is 0.116 e. The van der Waals surface area contributed by atoms with Gasteiger partial charge in [-0.3, -0.25) is 0 Å². The van der Waals surface area contributed by atoms with Crippen LogP contribution in [0.5, 0.6) is 0 Å². The molecule has 0 aromatic heterocycles. The first-order chi connectivity index (χ1) is 2.83. The molecule has 0 amide bonds. The molecule has 0 spiro atoms. The lowest BCUT2D eigenvalue weighted by Gasteiger charge is -1.43. The minimum Gasteiger partial charge on any atom is -0.411 e. The normalized spacial score (nSPS) is 4.17. The highest BCUT2D eigenvalue weighted by Gasteiger charge is 1.24. The van der Waals surface area contributed by atoms with Crippen molar-refractivity contribution in [3.05, 3.63) is 0 Å². The molecule has 0 radical (unpaired) electrons. The average Bonchev–Trinajstić information content (AvgIpc) is 1.39. The Balaban J connectivity index is 0. The molecule has 0 unspecified atom stereocenters. The van der Waals surface area contributed by atoms with E-state index in [0.29, 0.717) is 0 Å². The third kappa shape index (κ3) is 19.4. The first kappa shape index (κ1) is 8.94. The molecule has 0 aliphatic carbocycles. The molecule has 1 N–H and O–H groups in total. The Morgan fingerprint density at radius 3 is 2.00 bits per heavy atom. The fourth-order valence-corrected chi connectivity index (χ4v) is 0. The summed E-state index contributed by atoms with van der Waals surface area (Å²) in [6.07, 6.45) is 0.750. The smallest absolute Gasteiger partial charge is 0.116 e. The van der Waals surface area contributed by atoms with Crippen LogP contribution in [0.15, 0.2) is 5.16 Å². The van der Waals surface area contributed by atoms with E-state index in [4.69, 9.17) is 10.0 Å². The van der Waals surface area contributed by atoms with Gasteiger partial charge in [-0.2, -0.15) is 0 Å². The van der Waals surface area contributed by atoms with Gasteiger partial charge in [-0.05, 0) is 6.92 Å². The molecular formula is C3H7NO2. The van der Waals surface area contributed by atoms with E-state index in [9.17, 15) is 0 Å². The van der Waals surface area contributed by atoms with E-state index in [1.807, 2.05) is 0 Å². The van der Waals surface area contributed by atoms with Gasteiger partial charge in [0.2, 0.25) is 0 Å². The van der Waals surface area contributed by atoms with E-state index in [-0.39, 0.29) is 0 Å². The van der Waals surface area contributed by atoms with Gasteiger partial charge in [-0.1, -0.05) is 0 Å². The van der Waals surface area contributed by atoms with Crippen LogP contribution in [0.2, 0.25) is 0 Å². The topological polar surface area (TPSA) is 49.7 Å². The predicted molar refractivity (Wildman–Crippen MR) is 23.1 cm³/mol. The minimum atomic E-state index is 0.750. The van der Waals surface area contributed by atoms with Crippen LogP contribution in [0.3, 0.4) is 0 Å². The predicted octanol–water partition coefficient (Wildman–Crippen LogP) is 0.281. The van der Waals surface area contributed by atoms with E-state index in [2.05, 4.69) is 11.9 Å². The van der Waals surface area contributed by atoms with Gasteiger partial charge in [0.25, 0.3) is 0 Å². The second-order valence-electron chi connectivity index (χ2n) is 0.377. The lowest BCUT2D eigenvalue weighted by atomic mass is 11.0. The number of nitrogens with zero attached hydrogens (tertiary/aromatic N) is 1. The largest absolute Gasteiger partial charge is 0.411 e. The number of oxime groups is 1. The molecule has 3 heteroatoms. The lowest BCUT2D eigenvalue weighted by molar-refractivity contribution is -0.106. The summed E-state index contributed by atoms with van der Waals surface area (Å²) in [6.45, 7) is 4.11. The molecule has 0 aromatic carbocycles. The summed E-state index contributed by atoms with van der Waals surface area (Å²) in [6, 6.07) is 0.